The average molecular weight is 289 g/mol. The van der Waals surface area contributed by atoms with E-state index in [-0.39, 0.29) is 5.56 Å². The first-order valence-electron chi connectivity index (χ1n) is 8.35. The Hall–Kier alpha value is -1.29. The summed E-state index contributed by atoms with van der Waals surface area (Å²) in [6.45, 7) is 4.35. The van der Waals surface area contributed by atoms with Crippen LogP contribution in [0.25, 0.3) is 0 Å². The zero-order valence-corrected chi connectivity index (χ0v) is 12.9. The van der Waals surface area contributed by atoms with E-state index in [1.165, 1.54) is 51.6 Å². The third kappa shape index (κ3) is 3.49. The molecular formula is C17H27N3O. The molecule has 1 aliphatic heterocycles. The van der Waals surface area contributed by atoms with Gasteiger partial charge in [0.25, 0.3) is 5.56 Å². The zero-order valence-electron chi connectivity index (χ0n) is 12.9. The fourth-order valence-corrected chi connectivity index (χ4v) is 4.07. The molecular weight excluding hydrogens is 262 g/mol. The van der Waals surface area contributed by atoms with Crippen molar-refractivity contribution in [3.05, 3.63) is 28.7 Å². The van der Waals surface area contributed by atoms with E-state index in [1.807, 2.05) is 0 Å². The molecule has 0 atom stereocenters. The minimum atomic E-state index is 0.0488. The summed E-state index contributed by atoms with van der Waals surface area (Å²) in [5.41, 5.74) is 7.15. The van der Waals surface area contributed by atoms with Gasteiger partial charge in [-0.15, -0.1) is 0 Å². The van der Waals surface area contributed by atoms with Crippen molar-refractivity contribution in [3.63, 3.8) is 0 Å². The van der Waals surface area contributed by atoms with Crippen LogP contribution < -0.4 is 11.3 Å². The van der Waals surface area contributed by atoms with Crippen LogP contribution in [0.3, 0.4) is 0 Å². The first kappa shape index (κ1) is 14.6. The Balaban J connectivity index is 1.44. The van der Waals surface area contributed by atoms with Crippen LogP contribution in [0.5, 0.6) is 0 Å². The van der Waals surface area contributed by atoms with E-state index < -0.39 is 0 Å². The van der Waals surface area contributed by atoms with Crippen LogP contribution in [0.15, 0.2) is 23.1 Å². The summed E-state index contributed by atoms with van der Waals surface area (Å²) in [7, 11) is 0. The molecule has 4 heteroatoms. The van der Waals surface area contributed by atoms with E-state index in [9.17, 15) is 4.79 Å². The molecule has 1 aromatic rings. The van der Waals surface area contributed by atoms with Gasteiger partial charge in [-0.3, -0.25) is 4.79 Å². The molecule has 1 aromatic heterocycles. The number of piperidine rings is 1. The SMILES string of the molecule is Nc1ccc(=O)n(CCCN2CCC3(CCCC3)CC2)c1. The number of hydrogen-bond donors (Lipinski definition) is 1. The number of rotatable bonds is 4. The molecule has 116 valence electrons. The highest BCUT2D eigenvalue weighted by Gasteiger charge is 2.36. The molecule has 21 heavy (non-hydrogen) atoms. The second kappa shape index (κ2) is 6.22. The topological polar surface area (TPSA) is 51.3 Å². The molecule has 2 aliphatic rings. The van der Waals surface area contributed by atoms with Crippen LogP contribution in [0.4, 0.5) is 5.69 Å². The van der Waals surface area contributed by atoms with Gasteiger partial charge in [-0.05, 0) is 63.2 Å². The van der Waals surface area contributed by atoms with Gasteiger partial charge in [0, 0.05) is 24.5 Å². The third-order valence-electron chi connectivity index (χ3n) is 5.46. The van der Waals surface area contributed by atoms with Crippen molar-refractivity contribution in [1.29, 1.82) is 0 Å². The van der Waals surface area contributed by atoms with Crippen molar-refractivity contribution in [1.82, 2.24) is 9.47 Å². The lowest BCUT2D eigenvalue weighted by atomic mass is 9.77. The molecule has 1 aliphatic carbocycles. The molecule has 1 spiro atoms. The molecule has 3 rings (SSSR count). The Bertz CT molecular complexity index is 521. The van der Waals surface area contributed by atoms with Gasteiger partial charge in [-0.25, -0.2) is 0 Å². The van der Waals surface area contributed by atoms with Gasteiger partial charge in [0.05, 0.1) is 0 Å². The Labute approximate surface area is 126 Å². The molecule has 0 unspecified atom stereocenters. The van der Waals surface area contributed by atoms with Crippen molar-refractivity contribution in [2.24, 2.45) is 5.41 Å². The van der Waals surface area contributed by atoms with Crippen molar-refractivity contribution in [2.45, 2.75) is 51.5 Å². The smallest absolute Gasteiger partial charge is 0.250 e. The number of nitrogens with zero attached hydrogens (tertiary/aromatic N) is 2. The lowest BCUT2D eigenvalue weighted by Crippen LogP contribution is -2.39. The maximum absolute atomic E-state index is 11.7. The number of likely N-dealkylation sites (tertiary alicyclic amines) is 1. The highest BCUT2D eigenvalue weighted by atomic mass is 16.1. The predicted octanol–water partition coefficient (Wildman–Crippen LogP) is 2.48. The van der Waals surface area contributed by atoms with Crippen LogP contribution >= 0.6 is 0 Å². The summed E-state index contributed by atoms with van der Waals surface area (Å²) in [4.78, 5) is 14.3. The number of nitrogens with two attached hydrogens (primary N) is 1. The molecule has 0 aromatic carbocycles. The number of hydrogen-bond acceptors (Lipinski definition) is 3. The van der Waals surface area contributed by atoms with Gasteiger partial charge < -0.3 is 15.2 Å². The standard InChI is InChI=1S/C17H27N3O/c18-15-4-5-16(21)20(14-15)11-3-10-19-12-8-17(9-13-19)6-1-2-7-17/h4-5,14H,1-3,6-13,18H2. The zero-order chi connectivity index (χ0) is 14.7. The predicted molar refractivity (Wildman–Crippen MR) is 86.3 cm³/mol. The Morgan fingerprint density at radius 2 is 1.76 bits per heavy atom. The van der Waals surface area contributed by atoms with Gasteiger partial charge in [0.1, 0.15) is 0 Å². The summed E-state index contributed by atoms with van der Waals surface area (Å²) in [6, 6.07) is 3.23. The average Bonchev–Trinajstić information content (AvgIpc) is 2.93. The highest BCUT2D eigenvalue weighted by Crippen LogP contribution is 2.45. The van der Waals surface area contributed by atoms with Crippen molar-refractivity contribution < 1.29 is 0 Å². The van der Waals surface area contributed by atoms with Gasteiger partial charge in [0.15, 0.2) is 0 Å². The quantitative estimate of drug-likeness (QED) is 0.926. The summed E-state index contributed by atoms with van der Waals surface area (Å²) in [5, 5.41) is 0. The Morgan fingerprint density at radius 3 is 2.48 bits per heavy atom. The van der Waals surface area contributed by atoms with Crippen LogP contribution in [0, 0.1) is 5.41 Å². The maximum atomic E-state index is 11.7. The molecule has 2 N–H and O–H groups in total. The molecule has 1 saturated carbocycles. The van der Waals surface area contributed by atoms with Gasteiger partial charge in [0.2, 0.25) is 0 Å². The molecule has 1 saturated heterocycles. The van der Waals surface area contributed by atoms with E-state index in [0.717, 1.165) is 19.5 Å². The normalized spacial score (nSPS) is 21.9. The van der Waals surface area contributed by atoms with Gasteiger partial charge in [-0.1, -0.05) is 12.8 Å². The van der Waals surface area contributed by atoms with Crippen molar-refractivity contribution >= 4 is 5.69 Å². The number of anilines is 1. The Kier molecular flexibility index (Phi) is 4.34. The fraction of sp³-hybridized carbons (Fsp3) is 0.706. The lowest BCUT2D eigenvalue weighted by Gasteiger charge is -2.39. The number of pyridine rings is 1. The third-order valence-corrected chi connectivity index (χ3v) is 5.46. The fourth-order valence-electron chi connectivity index (χ4n) is 4.07. The summed E-state index contributed by atoms with van der Waals surface area (Å²) >= 11 is 0. The first-order chi connectivity index (χ1) is 10.2. The molecule has 2 fully saturated rings. The lowest BCUT2D eigenvalue weighted by molar-refractivity contribution is 0.107. The van der Waals surface area contributed by atoms with Crippen LogP contribution in [-0.2, 0) is 6.54 Å². The minimum absolute atomic E-state index is 0.0488. The van der Waals surface area contributed by atoms with Crippen LogP contribution in [0.2, 0.25) is 0 Å². The summed E-state index contributed by atoms with van der Waals surface area (Å²) < 4.78 is 1.73. The van der Waals surface area contributed by atoms with Crippen molar-refractivity contribution in [2.75, 3.05) is 25.4 Å². The first-order valence-corrected chi connectivity index (χ1v) is 8.35. The van der Waals surface area contributed by atoms with E-state index in [0.29, 0.717) is 11.1 Å². The number of aryl methyl sites for hydroxylation is 1. The summed E-state index contributed by atoms with van der Waals surface area (Å²) in [5.74, 6) is 0. The van der Waals surface area contributed by atoms with Gasteiger partial charge >= 0.3 is 0 Å². The van der Waals surface area contributed by atoms with E-state index >= 15 is 0 Å². The van der Waals surface area contributed by atoms with E-state index in [1.54, 1.807) is 22.9 Å². The molecule has 0 bridgehead atoms. The number of nitrogen functional groups attached to an aromatic ring is 1. The maximum Gasteiger partial charge on any atom is 0.250 e. The monoisotopic (exact) mass is 289 g/mol. The van der Waals surface area contributed by atoms with E-state index in [4.69, 9.17) is 5.73 Å². The van der Waals surface area contributed by atoms with Crippen molar-refractivity contribution in [3.8, 4) is 0 Å². The second-order valence-electron chi connectivity index (χ2n) is 6.90. The van der Waals surface area contributed by atoms with Crippen LogP contribution in [0.1, 0.15) is 44.9 Å². The van der Waals surface area contributed by atoms with Crippen LogP contribution in [-0.4, -0.2) is 29.1 Å². The van der Waals surface area contributed by atoms with E-state index in [2.05, 4.69) is 4.90 Å². The largest absolute Gasteiger partial charge is 0.398 e. The molecule has 4 nitrogen and oxygen atoms in total. The van der Waals surface area contributed by atoms with Gasteiger partial charge in [-0.2, -0.15) is 0 Å². The molecule has 0 radical (unpaired) electrons. The Morgan fingerprint density at radius 1 is 1.05 bits per heavy atom. The molecule has 0 amide bonds. The number of aromatic nitrogens is 1. The summed E-state index contributed by atoms with van der Waals surface area (Å²) in [6.07, 6.45) is 11.3. The minimum Gasteiger partial charge on any atom is -0.398 e. The second-order valence-corrected chi connectivity index (χ2v) is 6.90. The molecule has 2 heterocycles. The highest BCUT2D eigenvalue weighted by molar-refractivity contribution is 5.33.